The topological polar surface area (TPSA) is 94.2 Å². The Morgan fingerprint density at radius 1 is 1.10 bits per heavy atom. The second-order valence-electron chi connectivity index (χ2n) is 6.51. The van der Waals surface area contributed by atoms with Crippen LogP contribution in [-0.4, -0.2) is 34.7 Å². The minimum Gasteiger partial charge on any atom is -0.480 e. The average molecular weight is 405 g/mol. The van der Waals surface area contributed by atoms with Crippen molar-refractivity contribution >= 4 is 22.9 Å². The molecule has 6 nitrogen and oxygen atoms in total. The van der Waals surface area contributed by atoms with E-state index in [-0.39, 0.29) is 18.5 Å². The highest BCUT2D eigenvalue weighted by Crippen LogP contribution is 2.32. The molecule has 0 saturated heterocycles. The Labute approximate surface area is 163 Å². The van der Waals surface area contributed by atoms with E-state index in [9.17, 15) is 22.8 Å². The molecule has 0 unspecified atom stereocenters. The molecule has 0 aliphatic rings. The lowest BCUT2D eigenvalue weighted by Gasteiger charge is -2.11. The molecule has 0 bridgehead atoms. The number of urea groups is 1. The van der Waals surface area contributed by atoms with Crippen molar-refractivity contribution in [3.05, 3.63) is 59.4 Å². The first-order valence-corrected chi connectivity index (χ1v) is 8.79. The van der Waals surface area contributed by atoms with Crippen LogP contribution in [0.3, 0.4) is 0 Å². The van der Waals surface area contributed by atoms with Gasteiger partial charge in [0.05, 0.1) is 5.52 Å². The molecule has 3 rings (SSSR count). The van der Waals surface area contributed by atoms with E-state index in [4.69, 9.17) is 5.11 Å². The number of benzene rings is 2. The van der Waals surface area contributed by atoms with E-state index < -0.39 is 35.5 Å². The predicted octanol–water partition coefficient (Wildman–Crippen LogP) is 3.57. The van der Waals surface area contributed by atoms with Crippen molar-refractivity contribution in [2.45, 2.75) is 19.4 Å². The van der Waals surface area contributed by atoms with Gasteiger partial charge in [0.1, 0.15) is 23.5 Å². The Bertz CT molecular complexity index is 1060. The van der Waals surface area contributed by atoms with Gasteiger partial charge in [-0.15, -0.1) is 0 Å². The van der Waals surface area contributed by atoms with Crippen LogP contribution in [0.2, 0.25) is 0 Å². The summed E-state index contributed by atoms with van der Waals surface area (Å²) in [6, 6.07) is 5.71. The number of carbonyl (C=O) groups excluding carboxylic acids is 1. The summed E-state index contributed by atoms with van der Waals surface area (Å²) >= 11 is 0. The molecule has 1 heterocycles. The lowest BCUT2D eigenvalue weighted by Crippen LogP contribution is -2.44. The van der Waals surface area contributed by atoms with Crippen LogP contribution >= 0.6 is 0 Å². The van der Waals surface area contributed by atoms with Crippen LogP contribution in [0.25, 0.3) is 22.2 Å². The molecule has 4 N–H and O–H groups in total. The zero-order valence-electron chi connectivity index (χ0n) is 15.4. The molecular formula is C20H18F3N3O3. The fraction of sp³-hybridized carbons (Fsp3) is 0.200. The average Bonchev–Trinajstić information content (AvgIpc) is 3.01. The number of aliphatic carboxylic acids is 1. The number of carbonyl (C=O) groups is 2. The summed E-state index contributed by atoms with van der Waals surface area (Å²) in [5, 5.41) is 13.9. The summed E-state index contributed by atoms with van der Waals surface area (Å²) in [4.78, 5) is 25.5. The fourth-order valence-electron chi connectivity index (χ4n) is 3.01. The Kier molecular flexibility index (Phi) is 5.76. The maximum absolute atomic E-state index is 14.2. The van der Waals surface area contributed by atoms with Crippen LogP contribution in [0.1, 0.15) is 12.5 Å². The first-order chi connectivity index (χ1) is 13.8. The van der Waals surface area contributed by atoms with E-state index in [0.29, 0.717) is 22.2 Å². The van der Waals surface area contributed by atoms with Gasteiger partial charge in [0.2, 0.25) is 0 Å². The van der Waals surface area contributed by atoms with Gasteiger partial charge in [0, 0.05) is 23.7 Å². The number of rotatable bonds is 6. The van der Waals surface area contributed by atoms with Gasteiger partial charge in [-0.1, -0.05) is 0 Å². The Morgan fingerprint density at radius 2 is 1.79 bits per heavy atom. The number of H-pyrrole nitrogens is 1. The third-order valence-electron chi connectivity index (χ3n) is 4.44. The van der Waals surface area contributed by atoms with Gasteiger partial charge in [0.25, 0.3) is 0 Å². The standard InChI is InChI=1S/C20H18F3N3O3/c1-10(19(27)28)25-20(29)24-7-6-14-15-8-13(22)9-16(23)18(15)26-17(14)11-2-4-12(21)5-3-11/h2-5,8-10,26H,6-7H2,1H3,(H,27,28)(H2,24,25,29)/t10-/m0/s1. The molecule has 9 heteroatoms. The molecule has 0 saturated carbocycles. The number of nitrogens with one attached hydrogen (secondary N) is 3. The third-order valence-corrected chi connectivity index (χ3v) is 4.44. The minimum absolute atomic E-state index is 0.0808. The highest BCUT2D eigenvalue weighted by Gasteiger charge is 2.18. The van der Waals surface area contributed by atoms with Crippen molar-refractivity contribution in [1.82, 2.24) is 15.6 Å². The van der Waals surface area contributed by atoms with E-state index in [1.807, 2.05) is 0 Å². The number of aromatic nitrogens is 1. The minimum atomic E-state index is -1.18. The highest BCUT2D eigenvalue weighted by molar-refractivity contribution is 5.91. The number of hydrogen-bond donors (Lipinski definition) is 4. The summed E-state index contributed by atoms with van der Waals surface area (Å²) in [5.74, 6) is -3.13. The zero-order valence-corrected chi connectivity index (χ0v) is 15.4. The quantitative estimate of drug-likeness (QED) is 0.505. The lowest BCUT2D eigenvalue weighted by atomic mass is 10.0. The van der Waals surface area contributed by atoms with E-state index in [1.165, 1.54) is 37.3 Å². The molecule has 0 fully saturated rings. The second kappa shape index (κ2) is 8.26. The molecule has 29 heavy (non-hydrogen) atoms. The number of hydrogen-bond acceptors (Lipinski definition) is 2. The van der Waals surface area contributed by atoms with Gasteiger partial charge >= 0.3 is 12.0 Å². The Balaban J connectivity index is 1.88. The smallest absolute Gasteiger partial charge is 0.325 e. The zero-order chi connectivity index (χ0) is 21.1. The van der Waals surface area contributed by atoms with Crippen molar-refractivity contribution in [2.24, 2.45) is 0 Å². The molecule has 0 spiro atoms. The predicted molar refractivity (Wildman–Crippen MR) is 101 cm³/mol. The maximum Gasteiger partial charge on any atom is 0.325 e. The molecule has 152 valence electrons. The van der Waals surface area contributed by atoms with Crippen LogP contribution < -0.4 is 10.6 Å². The van der Waals surface area contributed by atoms with Gasteiger partial charge in [-0.2, -0.15) is 0 Å². The molecule has 2 amide bonds. The molecular weight excluding hydrogens is 387 g/mol. The van der Waals surface area contributed by atoms with Crippen molar-refractivity contribution in [3.8, 4) is 11.3 Å². The van der Waals surface area contributed by atoms with Gasteiger partial charge in [-0.25, -0.2) is 18.0 Å². The molecule has 0 aliphatic heterocycles. The third kappa shape index (κ3) is 4.50. The Hall–Kier alpha value is -3.49. The van der Waals surface area contributed by atoms with Crippen molar-refractivity contribution < 1.29 is 27.9 Å². The van der Waals surface area contributed by atoms with Crippen LogP contribution in [0.15, 0.2) is 36.4 Å². The second-order valence-corrected chi connectivity index (χ2v) is 6.51. The largest absolute Gasteiger partial charge is 0.480 e. The lowest BCUT2D eigenvalue weighted by molar-refractivity contribution is -0.138. The van der Waals surface area contributed by atoms with Gasteiger partial charge in [-0.05, 0) is 54.8 Å². The monoisotopic (exact) mass is 405 g/mol. The number of carboxylic acid groups (broad SMARTS) is 1. The van der Waals surface area contributed by atoms with Gasteiger partial charge in [0.15, 0.2) is 0 Å². The summed E-state index contributed by atoms with van der Waals surface area (Å²) in [5.41, 5.74) is 1.69. The number of fused-ring (bicyclic) bond motifs is 1. The van der Waals surface area contributed by atoms with Crippen LogP contribution in [0.4, 0.5) is 18.0 Å². The summed E-state index contributed by atoms with van der Waals surface area (Å²) < 4.78 is 41.3. The fourth-order valence-corrected chi connectivity index (χ4v) is 3.01. The van der Waals surface area contributed by atoms with Crippen LogP contribution in [0, 0.1) is 17.5 Å². The van der Waals surface area contributed by atoms with E-state index in [0.717, 1.165) is 6.07 Å². The van der Waals surface area contributed by atoms with Crippen LogP contribution in [-0.2, 0) is 11.2 Å². The molecule has 0 radical (unpaired) electrons. The van der Waals surface area contributed by atoms with E-state index >= 15 is 0 Å². The van der Waals surface area contributed by atoms with Gasteiger partial charge in [-0.3, -0.25) is 4.79 Å². The Morgan fingerprint density at radius 3 is 2.45 bits per heavy atom. The normalized spacial score (nSPS) is 12.0. The molecule has 0 aliphatic carbocycles. The molecule has 1 atom stereocenters. The van der Waals surface area contributed by atoms with Crippen molar-refractivity contribution in [1.29, 1.82) is 0 Å². The van der Waals surface area contributed by atoms with Crippen molar-refractivity contribution in [3.63, 3.8) is 0 Å². The van der Waals surface area contributed by atoms with Crippen molar-refractivity contribution in [2.75, 3.05) is 6.54 Å². The van der Waals surface area contributed by atoms with Gasteiger partial charge < -0.3 is 20.7 Å². The first kappa shape index (κ1) is 20.2. The van der Waals surface area contributed by atoms with Crippen LogP contribution in [0.5, 0.6) is 0 Å². The first-order valence-electron chi connectivity index (χ1n) is 8.79. The summed E-state index contributed by atoms with van der Waals surface area (Å²) in [6.45, 7) is 1.40. The maximum atomic E-state index is 14.2. The highest BCUT2D eigenvalue weighted by atomic mass is 19.1. The van der Waals surface area contributed by atoms with E-state index in [2.05, 4.69) is 15.6 Å². The number of amides is 2. The van der Waals surface area contributed by atoms with E-state index in [1.54, 1.807) is 0 Å². The SMILES string of the molecule is C[C@H](NC(=O)NCCc1c(-c2ccc(F)cc2)[nH]c2c(F)cc(F)cc12)C(=O)O. The summed E-state index contributed by atoms with van der Waals surface area (Å²) in [6.07, 6.45) is 0.199. The number of carboxylic acids is 1. The number of aromatic amines is 1. The molecule has 3 aromatic rings. The molecule has 2 aromatic carbocycles. The number of halogens is 3. The summed E-state index contributed by atoms with van der Waals surface area (Å²) in [7, 11) is 0. The molecule has 1 aromatic heterocycles.